The molecule has 3 fully saturated rings. The first-order valence-corrected chi connectivity index (χ1v) is 19.8. The highest BCUT2D eigenvalue weighted by Gasteiger charge is 2.52. The molecule has 1 amide bonds. The number of nitrogens with zero attached hydrogens (tertiary/aromatic N) is 3. The minimum atomic E-state index is -1.54. The molecule has 0 unspecified atom stereocenters. The second-order valence-electron chi connectivity index (χ2n) is 18.1. The van der Waals surface area contributed by atoms with Gasteiger partial charge in [0.2, 0.25) is 0 Å². The zero-order chi connectivity index (χ0) is 41.0. The maximum Gasteiger partial charge on any atom is 0.410 e. The van der Waals surface area contributed by atoms with Crippen LogP contribution in [0, 0.1) is 23.2 Å². The standard InChI is InChI=1S/C42H67N3O10/c1-26-22-42(9,50-13)35(54-37-33(31(43(10)11)21-27(2)52-37)53-36(47)29-17-15-14-16-18-29)28(3)34(46)41(7,8)38(48)51-25-32(44(12)23-26)30-19-20-45(24-30)39(49)55-40(4,5)6/h14-18,26-28,30-33,35,37H,19-25H2,1-13H3/t26-,27-,28+,30+,31+,32+,33-,35-,37+,42-/m1/s1. The van der Waals surface area contributed by atoms with E-state index in [0.717, 1.165) is 6.42 Å². The maximum atomic E-state index is 14.6. The van der Waals surface area contributed by atoms with Crippen LogP contribution in [0.25, 0.3) is 0 Å². The third-order valence-corrected chi connectivity index (χ3v) is 11.6. The number of methoxy groups -OCH3 is 1. The van der Waals surface area contributed by atoms with E-state index in [1.54, 1.807) is 57.0 Å². The van der Waals surface area contributed by atoms with Crippen molar-refractivity contribution in [1.82, 2.24) is 14.7 Å². The first-order chi connectivity index (χ1) is 25.6. The topological polar surface area (TPSA) is 133 Å². The van der Waals surface area contributed by atoms with Gasteiger partial charge >= 0.3 is 18.0 Å². The number of carbonyl (C=O) groups is 4. The molecule has 0 spiro atoms. The number of likely N-dealkylation sites (N-methyl/N-ethyl adjacent to an activating group) is 2. The molecular weight excluding hydrogens is 706 g/mol. The molecule has 0 radical (unpaired) electrons. The molecular formula is C42H67N3O10. The molecule has 13 heteroatoms. The van der Waals surface area contributed by atoms with Gasteiger partial charge in [0.05, 0.1) is 29.4 Å². The molecule has 55 heavy (non-hydrogen) atoms. The summed E-state index contributed by atoms with van der Waals surface area (Å²) in [5.74, 6) is -2.35. The quantitative estimate of drug-likeness (QED) is 0.199. The predicted molar refractivity (Wildman–Crippen MR) is 207 cm³/mol. The smallest absolute Gasteiger partial charge is 0.410 e. The molecule has 0 N–H and O–H groups in total. The Hall–Kier alpha value is -3.10. The Kier molecular flexibility index (Phi) is 14.6. The lowest BCUT2D eigenvalue weighted by atomic mass is 9.74. The fraction of sp³-hybridized carbons (Fsp3) is 0.762. The maximum absolute atomic E-state index is 14.6. The van der Waals surface area contributed by atoms with Crippen molar-refractivity contribution in [3.05, 3.63) is 35.9 Å². The molecule has 4 rings (SSSR count). The highest BCUT2D eigenvalue weighted by molar-refractivity contribution is 6.04. The van der Waals surface area contributed by atoms with Gasteiger partial charge in [-0.15, -0.1) is 0 Å². The van der Waals surface area contributed by atoms with Gasteiger partial charge in [0.15, 0.2) is 18.2 Å². The first-order valence-electron chi connectivity index (χ1n) is 19.8. The Morgan fingerprint density at radius 3 is 2.25 bits per heavy atom. The van der Waals surface area contributed by atoms with E-state index in [4.69, 9.17) is 28.4 Å². The van der Waals surface area contributed by atoms with Crippen molar-refractivity contribution < 1.29 is 47.6 Å². The molecule has 0 saturated carbocycles. The van der Waals surface area contributed by atoms with Crippen LogP contribution in [0.2, 0.25) is 0 Å². The monoisotopic (exact) mass is 773 g/mol. The van der Waals surface area contributed by atoms with Gasteiger partial charge in [0.1, 0.15) is 17.6 Å². The second kappa shape index (κ2) is 18.0. The fourth-order valence-corrected chi connectivity index (χ4v) is 8.53. The minimum absolute atomic E-state index is 0.0101. The summed E-state index contributed by atoms with van der Waals surface area (Å²) in [5, 5.41) is 0. The van der Waals surface area contributed by atoms with Crippen LogP contribution in [0.5, 0.6) is 0 Å². The highest BCUT2D eigenvalue weighted by Crippen LogP contribution is 2.39. The van der Waals surface area contributed by atoms with Crippen LogP contribution >= 0.6 is 0 Å². The van der Waals surface area contributed by atoms with E-state index >= 15 is 0 Å². The molecule has 310 valence electrons. The van der Waals surface area contributed by atoms with E-state index in [0.29, 0.717) is 38.0 Å². The third-order valence-electron chi connectivity index (χ3n) is 11.6. The van der Waals surface area contributed by atoms with E-state index in [-0.39, 0.29) is 48.5 Å². The van der Waals surface area contributed by atoms with E-state index < -0.39 is 53.0 Å². The summed E-state index contributed by atoms with van der Waals surface area (Å²) >= 11 is 0. The Morgan fingerprint density at radius 1 is 1.00 bits per heavy atom. The van der Waals surface area contributed by atoms with Crippen molar-refractivity contribution in [1.29, 1.82) is 0 Å². The van der Waals surface area contributed by atoms with Gasteiger partial charge in [-0.2, -0.15) is 0 Å². The summed E-state index contributed by atoms with van der Waals surface area (Å²) in [6.07, 6.45) is -1.65. The number of esters is 2. The van der Waals surface area contributed by atoms with Gasteiger partial charge in [-0.05, 0) is 113 Å². The summed E-state index contributed by atoms with van der Waals surface area (Å²) in [6.45, 7) is 18.1. The van der Waals surface area contributed by atoms with Crippen LogP contribution < -0.4 is 0 Å². The predicted octanol–water partition coefficient (Wildman–Crippen LogP) is 5.44. The number of carbonyl (C=O) groups excluding carboxylic acids is 4. The van der Waals surface area contributed by atoms with E-state index in [9.17, 15) is 19.2 Å². The van der Waals surface area contributed by atoms with Crippen molar-refractivity contribution in [3.8, 4) is 0 Å². The van der Waals surface area contributed by atoms with Crippen molar-refractivity contribution >= 4 is 23.8 Å². The second-order valence-corrected chi connectivity index (χ2v) is 18.1. The molecule has 3 saturated heterocycles. The van der Waals surface area contributed by atoms with Gasteiger partial charge in [0.25, 0.3) is 0 Å². The number of Topliss-reactive ketones (excluding diaryl/α,β-unsaturated/α-hetero) is 1. The number of benzene rings is 1. The molecule has 1 aromatic rings. The van der Waals surface area contributed by atoms with Gasteiger partial charge in [-0.3, -0.25) is 14.5 Å². The Bertz CT molecular complexity index is 1480. The third kappa shape index (κ3) is 10.9. The summed E-state index contributed by atoms with van der Waals surface area (Å²) in [6, 6.07) is 8.30. The first kappa shape index (κ1) is 44.6. The molecule has 1 aromatic carbocycles. The Labute approximate surface area is 328 Å². The van der Waals surface area contributed by atoms with Crippen molar-refractivity contribution in [2.45, 2.75) is 129 Å². The molecule has 0 aliphatic carbocycles. The molecule has 3 aliphatic heterocycles. The molecule has 3 heterocycles. The molecule has 0 bridgehead atoms. The fourth-order valence-electron chi connectivity index (χ4n) is 8.53. The Morgan fingerprint density at radius 2 is 1.65 bits per heavy atom. The van der Waals surface area contributed by atoms with Crippen molar-refractivity contribution in [3.63, 3.8) is 0 Å². The summed E-state index contributed by atoms with van der Waals surface area (Å²) in [4.78, 5) is 60.9. The van der Waals surface area contributed by atoms with Crippen LogP contribution in [0.15, 0.2) is 30.3 Å². The SMILES string of the molecule is CO[C@]1(C)C[C@@H](C)CN(C)[C@H]([C@H]2CCN(C(=O)OC(C)(C)C)C2)COC(=O)C(C)(C)C(=O)[C@H](C)[C@H]1O[C@@H]1O[C@H](C)C[C@H](N(C)C)[C@H]1OC(=O)c1ccccc1. The van der Waals surface area contributed by atoms with Crippen LogP contribution in [0.3, 0.4) is 0 Å². The number of hydrogen-bond acceptors (Lipinski definition) is 12. The summed E-state index contributed by atoms with van der Waals surface area (Å²) < 4.78 is 37.6. The van der Waals surface area contributed by atoms with Crippen LogP contribution in [0.4, 0.5) is 4.79 Å². The number of likely N-dealkylation sites (tertiary alicyclic amines) is 1. The number of hydrogen-bond donors (Lipinski definition) is 0. The van der Waals surface area contributed by atoms with Gasteiger partial charge in [-0.25, -0.2) is 9.59 Å². The highest BCUT2D eigenvalue weighted by atomic mass is 16.7. The number of cyclic esters (lactones) is 1. The van der Waals surface area contributed by atoms with Gasteiger partial charge in [0, 0.05) is 38.7 Å². The van der Waals surface area contributed by atoms with Gasteiger partial charge in [-0.1, -0.05) is 32.0 Å². The number of rotatable bonds is 7. The average molecular weight is 774 g/mol. The zero-order valence-electron chi connectivity index (χ0n) is 35.5. The zero-order valence-corrected chi connectivity index (χ0v) is 35.5. The van der Waals surface area contributed by atoms with Gasteiger partial charge < -0.3 is 38.2 Å². The lowest BCUT2D eigenvalue weighted by Gasteiger charge is -2.48. The van der Waals surface area contributed by atoms with E-state index in [1.165, 1.54) is 0 Å². The summed E-state index contributed by atoms with van der Waals surface area (Å²) in [7, 11) is 7.46. The lowest BCUT2D eigenvalue weighted by Crippen LogP contribution is -2.60. The number of ether oxygens (including phenoxy) is 6. The van der Waals surface area contributed by atoms with Crippen LogP contribution in [0.1, 0.15) is 91.9 Å². The lowest BCUT2D eigenvalue weighted by molar-refractivity contribution is -0.295. The van der Waals surface area contributed by atoms with Crippen molar-refractivity contribution in [2.24, 2.45) is 23.2 Å². The van der Waals surface area contributed by atoms with Crippen molar-refractivity contribution in [2.75, 3.05) is 54.5 Å². The number of amides is 1. The van der Waals surface area contributed by atoms with Crippen LogP contribution in [-0.4, -0.2) is 141 Å². The molecule has 3 aliphatic rings. The largest absolute Gasteiger partial charge is 0.463 e. The number of ketones is 1. The Balaban J connectivity index is 1.68. The molecule has 10 atom stereocenters. The molecule has 13 nitrogen and oxygen atoms in total. The summed E-state index contributed by atoms with van der Waals surface area (Å²) in [5.41, 5.74) is -2.80. The van der Waals surface area contributed by atoms with E-state index in [1.807, 2.05) is 66.7 Å². The minimum Gasteiger partial charge on any atom is -0.463 e. The van der Waals surface area contributed by atoms with E-state index in [2.05, 4.69) is 11.8 Å². The normalized spacial score (nSPS) is 34.3. The van der Waals surface area contributed by atoms with Crippen LogP contribution in [-0.2, 0) is 38.0 Å². The average Bonchev–Trinajstić information content (AvgIpc) is 3.60. The molecule has 0 aromatic heterocycles.